The molecule has 0 atom stereocenters. The van der Waals surface area contributed by atoms with Crippen molar-refractivity contribution in [3.8, 4) is 5.69 Å². The Hall–Kier alpha value is -3.38. The van der Waals surface area contributed by atoms with E-state index in [2.05, 4.69) is 88.8 Å². The summed E-state index contributed by atoms with van der Waals surface area (Å²) in [6, 6.07) is 14.7. The van der Waals surface area contributed by atoms with E-state index >= 15 is 0 Å². The third-order valence-corrected chi connectivity index (χ3v) is 6.31. The molecule has 6 nitrogen and oxygen atoms in total. The van der Waals surface area contributed by atoms with Crippen molar-refractivity contribution in [2.45, 2.75) is 26.8 Å². The topological polar surface area (TPSA) is 53.4 Å². The minimum absolute atomic E-state index is 0.0612. The van der Waals surface area contributed by atoms with E-state index in [1.807, 2.05) is 25.0 Å². The fourth-order valence-electron chi connectivity index (χ4n) is 3.99. The van der Waals surface area contributed by atoms with Gasteiger partial charge in [-0.25, -0.2) is 4.68 Å². The second-order valence-corrected chi connectivity index (χ2v) is 8.99. The first-order chi connectivity index (χ1) is 15.9. The molecule has 0 saturated carbocycles. The van der Waals surface area contributed by atoms with Gasteiger partial charge in [-0.15, -0.1) is 0 Å². The van der Waals surface area contributed by atoms with Crippen molar-refractivity contribution >= 4 is 17.2 Å². The predicted molar refractivity (Wildman–Crippen MR) is 135 cm³/mol. The van der Waals surface area contributed by atoms with Crippen LogP contribution in [0.1, 0.15) is 28.7 Å². The summed E-state index contributed by atoms with van der Waals surface area (Å²) >= 11 is 0. The van der Waals surface area contributed by atoms with Crippen LogP contribution in [0.4, 0.5) is 5.69 Å². The number of hydrogen-bond acceptors (Lipinski definition) is 4. The van der Waals surface area contributed by atoms with Gasteiger partial charge in [0.1, 0.15) is 0 Å². The van der Waals surface area contributed by atoms with Crippen LogP contribution in [-0.2, 0) is 11.3 Å². The van der Waals surface area contributed by atoms with Crippen molar-refractivity contribution < 1.29 is 4.79 Å². The van der Waals surface area contributed by atoms with E-state index in [0.717, 1.165) is 42.0 Å². The van der Waals surface area contributed by atoms with Crippen LogP contribution < -0.4 is 10.2 Å². The standard InChI is InChI=1S/C27H33N5O/c1-20-5-8-26(15-21(20)2)32-18-24(17-29-32)23-11-13-31(14-12-23)19-27(33)28-16-22-6-9-25(10-7-22)30(3)4/h5-11,15,17-18H,12-14,16,19H2,1-4H3,(H,28,33). The quantitative estimate of drug-likeness (QED) is 0.601. The van der Waals surface area contributed by atoms with E-state index in [1.54, 1.807) is 0 Å². The smallest absolute Gasteiger partial charge is 0.234 e. The summed E-state index contributed by atoms with van der Waals surface area (Å²) in [7, 11) is 4.04. The van der Waals surface area contributed by atoms with E-state index in [0.29, 0.717) is 13.1 Å². The number of nitrogens with one attached hydrogen (secondary N) is 1. The van der Waals surface area contributed by atoms with Gasteiger partial charge in [0.25, 0.3) is 0 Å². The molecule has 0 saturated heterocycles. The molecule has 1 aliphatic rings. The molecule has 172 valence electrons. The number of carbonyl (C=O) groups is 1. The van der Waals surface area contributed by atoms with Crippen LogP contribution in [0.5, 0.6) is 0 Å². The zero-order valence-electron chi connectivity index (χ0n) is 20.0. The monoisotopic (exact) mass is 443 g/mol. The van der Waals surface area contributed by atoms with Crippen molar-refractivity contribution in [2.24, 2.45) is 0 Å². The summed E-state index contributed by atoms with van der Waals surface area (Å²) < 4.78 is 1.94. The lowest BCUT2D eigenvalue weighted by molar-refractivity contribution is -0.122. The molecule has 0 aliphatic carbocycles. The second-order valence-electron chi connectivity index (χ2n) is 8.99. The Bertz CT molecular complexity index is 1140. The Labute approximate surface area is 196 Å². The van der Waals surface area contributed by atoms with Gasteiger partial charge in [0.15, 0.2) is 0 Å². The lowest BCUT2D eigenvalue weighted by Gasteiger charge is -2.25. The molecule has 33 heavy (non-hydrogen) atoms. The molecule has 0 bridgehead atoms. The second kappa shape index (κ2) is 10.0. The van der Waals surface area contributed by atoms with Crippen LogP contribution in [0.25, 0.3) is 11.3 Å². The highest BCUT2D eigenvalue weighted by molar-refractivity contribution is 5.78. The first-order valence-corrected chi connectivity index (χ1v) is 11.5. The highest BCUT2D eigenvalue weighted by Crippen LogP contribution is 2.23. The summed E-state index contributed by atoms with van der Waals surface area (Å²) in [5.74, 6) is 0.0612. The molecule has 1 aromatic heterocycles. The van der Waals surface area contributed by atoms with Crippen molar-refractivity contribution in [3.05, 3.63) is 83.2 Å². The highest BCUT2D eigenvalue weighted by atomic mass is 16.2. The van der Waals surface area contributed by atoms with Crippen molar-refractivity contribution in [2.75, 3.05) is 38.6 Å². The number of carbonyl (C=O) groups excluding carboxylic acids is 1. The van der Waals surface area contributed by atoms with Gasteiger partial charge in [-0.05, 0) is 66.8 Å². The van der Waals surface area contributed by atoms with E-state index in [1.165, 1.54) is 16.7 Å². The third-order valence-electron chi connectivity index (χ3n) is 6.31. The number of hydrogen-bond donors (Lipinski definition) is 1. The maximum atomic E-state index is 12.4. The van der Waals surface area contributed by atoms with E-state index in [4.69, 9.17) is 0 Å². The third kappa shape index (κ3) is 5.71. The van der Waals surface area contributed by atoms with E-state index in [9.17, 15) is 4.79 Å². The molecular formula is C27H33N5O. The summed E-state index contributed by atoms with van der Waals surface area (Å²) in [6.07, 6.45) is 7.17. The Morgan fingerprint density at radius 1 is 1.09 bits per heavy atom. The van der Waals surface area contributed by atoms with Crippen molar-refractivity contribution in [3.63, 3.8) is 0 Å². The van der Waals surface area contributed by atoms with Gasteiger partial charge in [0.05, 0.1) is 18.4 Å². The van der Waals surface area contributed by atoms with Crippen LogP contribution in [0, 0.1) is 13.8 Å². The summed E-state index contributed by atoms with van der Waals surface area (Å²) in [5.41, 5.74) is 8.33. The van der Waals surface area contributed by atoms with Crippen LogP contribution in [0.2, 0.25) is 0 Å². The summed E-state index contributed by atoms with van der Waals surface area (Å²) in [4.78, 5) is 16.7. The lowest BCUT2D eigenvalue weighted by atomic mass is 10.0. The first-order valence-electron chi connectivity index (χ1n) is 11.5. The van der Waals surface area contributed by atoms with Gasteiger partial charge in [-0.3, -0.25) is 9.69 Å². The zero-order chi connectivity index (χ0) is 23.4. The van der Waals surface area contributed by atoms with Crippen molar-refractivity contribution in [1.29, 1.82) is 0 Å². The SMILES string of the molecule is Cc1ccc(-n2cc(C3=CCN(CC(=O)NCc4ccc(N(C)C)cc4)CC3)cn2)cc1C. The molecule has 2 heterocycles. The lowest BCUT2D eigenvalue weighted by Crippen LogP contribution is -2.39. The van der Waals surface area contributed by atoms with Crippen LogP contribution in [0.15, 0.2) is 60.9 Å². The molecule has 1 aliphatic heterocycles. The molecule has 1 amide bonds. The number of amides is 1. The Kier molecular flexibility index (Phi) is 6.94. The summed E-state index contributed by atoms with van der Waals surface area (Å²) in [6.45, 7) is 6.86. The molecule has 2 aromatic carbocycles. The largest absolute Gasteiger partial charge is 0.378 e. The van der Waals surface area contributed by atoms with Gasteiger partial charge in [-0.1, -0.05) is 24.3 Å². The maximum Gasteiger partial charge on any atom is 0.234 e. The van der Waals surface area contributed by atoms with Crippen LogP contribution in [0.3, 0.4) is 0 Å². The number of benzene rings is 2. The van der Waals surface area contributed by atoms with Crippen LogP contribution >= 0.6 is 0 Å². The van der Waals surface area contributed by atoms with Crippen LogP contribution in [-0.4, -0.2) is 54.3 Å². The van der Waals surface area contributed by atoms with E-state index < -0.39 is 0 Å². The molecule has 1 N–H and O–H groups in total. The zero-order valence-corrected chi connectivity index (χ0v) is 20.0. The van der Waals surface area contributed by atoms with Gasteiger partial charge in [-0.2, -0.15) is 5.10 Å². The molecule has 0 fully saturated rings. The Balaban J connectivity index is 1.28. The van der Waals surface area contributed by atoms with Gasteiger partial charge < -0.3 is 10.2 Å². The number of anilines is 1. The number of aromatic nitrogens is 2. The van der Waals surface area contributed by atoms with Gasteiger partial charge in [0, 0.05) is 51.2 Å². The fourth-order valence-corrected chi connectivity index (χ4v) is 3.99. The van der Waals surface area contributed by atoms with Gasteiger partial charge >= 0.3 is 0 Å². The number of aryl methyl sites for hydroxylation is 2. The maximum absolute atomic E-state index is 12.4. The Morgan fingerprint density at radius 2 is 1.88 bits per heavy atom. The Morgan fingerprint density at radius 3 is 2.55 bits per heavy atom. The summed E-state index contributed by atoms with van der Waals surface area (Å²) in [5, 5.41) is 7.60. The van der Waals surface area contributed by atoms with Gasteiger partial charge in [0.2, 0.25) is 5.91 Å². The number of rotatable bonds is 7. The first kappa shape index (κ1) is 22.8. The molecule has 3 aromatic rings. The van der Waals surface area contributed by atoms with Crippen molar-refractivity contribution in [1.82, 2.24) is 20.0 Å². The average molecular weight is 444 g/mol. The van der Waals surface area contributed by atoms with E-state index in [-0.39, 0.29) is 5.91 Å². The minimum Gasteiger partial charge on any atom is -0.378 e. The molecule has 4 rings (SSSR count). The molecule has 0 unspecified atom stereocenters. The molecular weight excluding hydrogens is 410 g/mol. The average Bonchev–Trinajstić information content (AvgIpc) is 3.30. The molecule has 6 heteroatoms. The normalized spacial score (nSPS) is 14.1. The number of nitrogens with zero attached hydrogens (tertiary/aromatic N) is 4. The molecule has 0 spiro atoms. The minimum atomic E-state index is 0.0612. The predicted octanol–water partition coefficient (Wildman–Crippen LogP) is 3.96. The fraction of sp³-hybridized carbons (Fsp3) is 0.333. The highest BCUT2D eigenvalue weighted by Gasteiger charge is 2.17. The molecule has 0 radical (unpaired) electrons.